The van der Waals surface area contributed by atoms with Crippen molar-refractivity contribution in [1.29, 1.82) is 0 Å². The second-order valence-corrected chi connectivity index (χ2v) is 4.66. The van der Waals surface area contributed by atoms with Gasteiger partial charge in [-0.05, 0) is 24.5 Å². The fraction of sp³-hybridized carbons (Fsp3) is 0.571. The minimum absolute atomic E-state index is 0.105. The zero-order chi connectivity index (χ0) is 15.4. The molecular formula is C14H21F3N2O. The lowest BCUT2D eigenvalue weighted by Crippen LogP contribution is -2.48. The first-order valence-corrected chi connectivity index (χ1v) is 6.53. The number of nitrogens with one attached hydrogen (secondary N) is 1. The monoisotopic (exact) mass is 290 g/mol. The molecule has 0 spiro atoms. The molecular weight excluding hydrogens is 269 g/mol. The lowest BCUT2D eigenvalue weighted by molar-refractivity contribution is -0.139. The second-order valence-electron chi connectivity index (χ2n) is 4.66. The summed E-state index contributed by atoms with van der Waals surface area (Å²) in [5.41, 5.74) is 1.13. The van der Waals surface area contributed by atoms with Crippen LogP contribution in [0.2, 0.25) is 0 Å². The molecule has 0 aromatic heterocycles. The molecule has 0 aliphatic heterocycles. The number of hydrazine groups is 1. The average molecular weight is 290 g/mol. The summed E-state index contributed by atoms with van der Waals surface area (Å²) in [6.45, 7) is 3.74. The molecule has 3 nitrogen and oxygen atoms in total. The molecule has 0 amide bonds. The van der Waals surface area contributed by atoms with Crippen LogP contribution in [0.1, 0.15) is 43.9 Å². The normalized spacial score (nSPS) is 14.3. The fourth-order valence-electron chi connectivity index (χ4n) is 2.60. The number of benzene rings is 1. The van der Waals surface area contributed by atoms with Gasteiger partial charge in [0.15, 0.2) is 0 Å². The summed E-state index contributed by atoms with van der Waals surface area (Å²) >= 11 is 0. The Balaban J connectivity index is 3.40. The van der Waals surface area contributed by atoms with Gasteiger partial charge in [0.25, 0.3) is 0 Å². The van der Waals surface area contributed by atoms with Gasteiger partial charge in [0.05, 0.1) is 17.2 Å². The van der Waals surface area contributed by atoms with Crippen LogP contribution in [-0.2, 0) is 10.9 Å². The molecule has 114 valence electrons. The minimum atomic E-state index is -4.42. The molecule has 20 heavy (non-hydrogen) atoms. The second kappa shape index (κ2) is 6.56. The topological polar surface area (TPSA) is 47.3 Å². The van der Waals surface area contributed by atoms with Crippen molar-refractivity contribution in [3.8, 4) is 0 Å². The molecule has 1 atom stereocenters. The zero-order valence-electron chi connectivity index (χ0n) is 11.9. The van der Waals surface area contributed by atoms with Crippen molar-refractivity contribution in [1.82, 2.24) is 5.43 Å². The first-order valence-electron chi connectivity index (χ1n) is 6.53. The number of hydrogen-bond donors (Lipinski definition) is 2. The third-order valence-electron chi connectivity index (χ3n) is 3.87. The standard InChI is InChI=1S/C14H21F3N2O/c1-4-13(5-2,20-3)12(19-18)10-8-6-7-9-11(10)14(15,16)17/h6-9,12,19H,4-5,18H2,1-3H3. The van der Waals surface area contributed by atoms with Crippen molar-refractivity contribution in [3.05, 3.63) is 35.4 Å². The first kappa shape index (κ1) is 16.9. The third-order valence-corrected chi connectivity index (χ3v) is 3.87. The van der Waals surface area contributed by atoms with E-state index in [0.717, 1.165) is 6.07 Å². The fourth-order valence-corrected chi connectivity index (χ4v) is 2.60. The Bertz CT molecular complexity index is 422. The van der Waals surface area contributed by atoms with Gasteiger partial charge in [-0.3, -0.25) is 11.3 Å². The van der Waals surface area contributed by atoms with E-state index in [9.17, 15) is 13.2 Å². The molecule has 0 saturated carbocycles. The van der Waals surface area contributed by atoms with Crippen LogP contribution in [0, 0.1) is 0 Å². The van der Waals surface area contributed by atoms with E-state index < -0.39 is 23.4 Å². The Morgan fingerprint density at radius 1 is 1.20 bits per heavy atom. The van der Waals surface area contributed by atoms with Crippen LogP contribution in [-0.4, -0.2) is 12.7 Å². The lowest BCUT2D eigenvalue weighted by atomic mass is 9.82. The minimum Gasteiger partial charge on any atom is -0.376 e. The van der Waals surface area contributed by atoms with E-state index in [-0.39, 0.29) is 5.56 Å². The van der Waals surface area contributed by atoms with E-state index in [1.54, 1.807) is 6.07 Å². The van der Waals surface area contributed by atoms with Crippen molar-refractivity contribution in [2.24, 2.45) is 5.84 Å². The number of rotatable bonds is 6. The zero-order valence-corrected chi connectivity index (χ0v) is 11.9. The maximum Gasteiger partial charge on any atom is 0.416 e. The van der Waals surface area contributed by atoms with Crippen LogP contribution in [0.4, 0.5) is 13.2 Å². The molecule has 1 aromatic rings. The highest BCUT2D eigenvalue weighted by molar-refractivity contribution is 5.34. The van der Waals surface area contributed by atoms with E-state index in [0.29, 0.717) is 12.8 Å². The Morgan fingerprint density at radius 2 is 1.75 bits per heavy atom. The highest BCUT2D eigenvalue weighted by Crippen LogP contribution is 2.40. The Kier molecular flexibility index (Phi) is 5.56. The highest BCUT2D eigenvalue weighted by atomic mass is 19.4. The first-order chi connectivity index (χ1) is 9.36. The molecule has 1 aromatic carbocycles. The quantitative estimate of drug-likeness (QED) is 0.623. The molecule has 0 radical (unpaired) electrons. The summed E-state index contributed by atoms with van der Waals surface area (Å²) in [6, 6.07) is 4.70. The SMILES string of the molecule is CCC(CC)(OC)C(NN)c1ccccc1C(F)(F)F. The number of nitrogens with two attached hydrogens (primary N) is 1. The maximum atomic E-state index is 13.1. The largest absolute Gasteiger partial charge is 0.416 e. The van der Waals surface area contributed by atoms with Crippen molar-refractivity contribution >= 4 is 0 Å². The molecule has 6 heteroatoms. The summed E-state index contributed by atoms with van der Waals surface area (Å²) in [5, 5.41) is 0. The molecule has 0 saturated heterocycles. The van der Waals surface area contributed by atoms with Crippen LogP contribution in [0.5, 0.6) is 0 Å². The van der Waals surface area contributed by atoms with E-state index in [1.165, 1.54) is 19.2 Å². The number of halogens is 3. The van der Waals surface area contributed by atoms with E-state index in [4.69, 9.17) is 10.6 Å². The predicted octanol–water partition coefficient (Wildman–Crippen LogP) is 3.42. The van der Waals surface area contributed by atoms with Crippen molar-refractivity contribution < 1.29 is 17.9 Å². The Labute approximate surface area is 117 Å². The predicted molar refractivity (Wildman–Crippen MR) is 71.8 cm³/mol. The molecule has 0 fully saturated rings. The molecule has 0 heterocycles. The van der Waals surface area contributed by atoms with E-state index >= 15 is 0 Å². The summed E-state index contributed by atoms with van der Waals surface area (Å²) < 4.78 is 44.9. The molecule has 1 rings (SSSR count). The maximum absolute atomic E-state index is 13.1. The number of ether oxygens (including phenoxy) is 1. The highest BCUT2D eigenvalue weighted by Gasteiger charge is 2.42. The van der Waals surface area contributed by atoms with Gasteiger partial charge in [-0.15, -0.1) is 0 Å². The van der Waals surface area contributed by atoms with Gasteiger partial charge in [-0.1, -0.05) is 32.0 Å². The van der Waals surface area contributed by atoms with Crippen molar-refractivity contribution in [2.75, 3.05) is 7.11 Å². The average Bonchev–Trinajstić information content (AvgIpc) is 2.44. The molecule has 1 unspecified atom stereocenters. The van der Waals surface area contributed by atoms with Gasteiger partial charge in [-0.25, -0.2) is 0 Å². The van der Waals surface area contributed by atoms with Crippen molar-refractivity contribution in [3.63, 3.8) is 0 Å². The third kappa shape index (κ3) is 3.13. The van der Waals surface area contributed by atoms with E-state index in [1.807, 2.05) is 13.8 Å². The molecule has 3 N–H and O–H groups in total. The summed E-state index contributed by atoms with van der Waals surface area (Å²) in [5.74, 6) is 5.53. The van der Waals surface area contributed by atoms with Gasteiger partial charge in [0.1, 0.15) is 0 Å². The van der Waals surface area contributed by atoms with Crippen LogP contribution in [0.3, 0.4) is 0 Å². The number of hydrogen-bond acceptors (Lipinski definition) is 3. The number of methoxy groups -OCH3 is 1. The summed E-state index contributed by atoms with van der Waals surface area (Å²) in [7, 11) is 1.49. The van der Waals surface area contributed by atoms with Gasteiger partial charge < -0.3 is 4.74 Å². The van der Waals surface area contributed by atoms with Crippen LogP contribution >= 0.6 is 0 Å². The van der Waals surface area contributed by atoms with Crippen LogP contribution < -0.4 is 11.3 Å². The smallest absolute Gasteiger partial charge is 0.376 e. The van der Waals surface area contributed by atoms with Gasteiger partial charge in [0.2, 0.25) is 0 Å². The Morgan fingerprint density at radius 3 is 2.15 bits per heavy atom. The molecule has 0 bridgehead atoms. The van der Waals surface area contributed by atoms with Crippen LogP contribution in [0.15, 0.2) is 24.3 Å². The van der Waals surface area contributed by atoms with Gasteiger partial charge in [-0.2, -0.15) is 13.2 Å². The van der Waals surface area contributed by atoms with Crippen LogP contribution in [0.25, 0.3) is 0 Å². The van der Waals surface area contributed by atoms with Gasteiger partial charge in [0, 0.05) is 7.11 Å². The Hall–Kier alpha value is -1.11. The summed E-state index contributed by atoms with van der Waals surface area (Å²) in [6.07, 6.45) is -3.34. The number of alkyl halides is 3. The summed E-state index contributed by atoms with van der Waals surface area (Å²) in [4.78, 5) is 0. The molecule has 0 aliphatic rings. The molecule has 0 aliphatic carbocycles. The lowest BCUT2D eigenvalue weighted by Gasteiger charge is -2.39. The van der Waals surface area contributed by atoms with E-state index in [2.05, 4.69) is 5.43 Å². The van der Waals surface area contributed by atoms with Crippen molar-refractivity contribution in [2.45, 2.75) is 44.5 Å². The van der Waals surface area contributed by atoms with Gasteiger partial charge >= 0.3 is 6.18 Å².